The van der Waals surface area contributed by atoms with E-state index in [-0.39, 0.29) is 0 Å². The van der Waals surface area contributed by atoms with E-state index in [1.807, 2.05) is 12.1 Å². The molecule has 3 rings (SSSR count). The molecule has 0 radical (unpaired) electrons. The lowest BCUT2D eigenvalue weighted by Crippen LogP contribution is -2.34. The molecule has 1 aliphatic rings. The molecule has 1 aliphatic heterocycles. The minimum atomic E-state index is 0.436. The van der Waals surface area contributed by atoms with Crippen LogP contribution in [0.1, 0.15) is 31.6 Å². The molecule has 2 atom stereocenters. The Kier molecular flexibility index (Phi) is 2.36. The number of nitrogens with zero attached hydrogens (tertiary/aromatic N) is 2. The van der Waals surface area contributed by atoms with Gasteiger partial charge in [-0.2, -0.15) is 4.98 Å². The summed E-state index contributed by atoms with van der Waals surface area (Å²) in [4.78, 5) is 8.66. The minimum absolute atomic E-state index is 0.436. The third-order valence-electron chi connectivity index (χ3n) is 3.15. The molecule has 16 heavy (non-hydrogen) atoms. The second-order valence-corrected chi connectivity index (χ2v) is 4.45. The molecule has 4 nitrogen and oxygen atoms in total. The number of fused-ring (bicyclic) bond motifs is 1. The van der Waals surface area contributed by atoms with E-state index in [4.69, 9.17) is 4.42 Å². The van der Waals surface area contributed by atoms with E-state index in [1.165, 1.54) is 0 Å². The maximum absolute atomic E-state index is 5.75. The molecular weight excluding hydrogens is 202 g/mol. The maximum atomic E-state index is 5.75. The van der Waals surface area contributed by atoms with Crippen molar-refractivity contribution in [3.63, 3.8) is 0 Å². The number of nitrogens with one attached hydrogen (secondary N) is 1. The average Bonchev–Trinajstić information content (AvgIpc) is 2.72. The summed E-state index contributed by atoms with van der Waals surface area (Å²) < 4.78 is 5.75. The number of hydrogen-bond acceptors (Lipinski definition) is 4. The van der Waals surface area contributed by atoms with Crippen LogP contribution >= 0.6 is 0 Å². The van der Waals surface area contributed by atoms with Crippen LogP contribution in [0.4, 0.5) is 0 Å². The first-order chi connectivity index (χ1) is 7.83. The Balaban J connectivity index is 1.93. The van der Waals surface area contributed by atoms with Gasteiger partial charge in [0.2, 0.25) is 0 Å². The highest BCUT2D eigenvalue weighted by Gasteiger charge is 2.24. The SMILES string of the molecule is CC1CC(c2nc3ncccc3o2)CCN1. The summed E-state index contributed by atoms with van der Waals surface area (Å²) >= 11 is 0. The van der Waals surface area contributed by atoms with Gasteiger partial charge in [0.15, 0.2) is 17.1 Å². The molecule has 0 bridgehead atoms. The van der Waals surface area contributed by atoms with E-state index in [0.29, 0.717) is 12.0 Å². The van der Waals surface area contributed by atoms with Crippen molar-refractivity contribution in [2.24, 2.45) is 0 Å². The van der Waals surface area contributed by atoms with E-state index >= 15 is 0 Å². The second kappa shape index (κ2) is 3.87. The first-order valence-corrected chi connectivity index (χ1v) is 5.78. The summed E-state index contributed by atoms with van der Waals surface area (Å²) in [5.74, 6) is 1.28. The van der Waals surface area contributed by atoms with Crippen molar-refractivity contribution in [1.29, 1.82) is 0 Å². The zero-order chi connectivity index (χ0) is 11.0. The molecule has 0 saturated carbocycles. The predicted molar refractivity (Wildman–Crippen MR) is 61.2 cm³/mol. The fourth-order valence-corrected chi connectivity index (χ4v) is 2.32. The van der Waals surface area contributed by atoms with Gasteiger partial charge in [0, 0.05) is 18.2 Å². The van der Waals surface area contributed by atoms with Crippen molar-refractivity contribution in [1.82, 2.24) is 15.3 Å². The summed E-state index contributed by atoms with van der Waals surface area (Å²) in [6.07, 6.45) is 3.93. The Morgan fingerprint density at radius 2 is 2.44 bits per heavy atom. The van der Waals surface area contributed by atoms with E-state index in [9.17, 15) is 0 Å². The van der Waals surface area contributed by atoms with Gasteiger partial charge in [-0.15, -0.1) is 0 Å². The van der Waals surface area contributed by atoms with Gasteiger partial charge in [0.25, 0.3) is 0 Å². The molecule has 2 unspecified atom stereocenters. The summed E-state index contributed by atoms with van der Waals surface area (Å²) in [5.41, 5.74) is 1.52. The van der Waals surface area contributed by atoms with Gasteiger partial charge in [-0.3, -0.25) is 0 Å². The number of hydrogen-bond donors (Lipinski definition) is 1. The zero-order valence-electron chi connectivity index (χ0n) is 9.31. The van der Waals surface area contributed by atoms with Crippen molar-refractivity contribution in [3.8, 4) is 0 Å². The van der Waals surface area contributed by atoms with Crippen LogP contribution in [-0.4, -0.2) is 22.6 Å². The first kappa shape index (κ1) is 9.78. The van der Waals surface area contributed by atoms with E-state index < -0.39 is 0 Å². The van der Waals surface area contributed by atoms with Crippen molar-refractivity contribution >= 4 is 11.2 Å². The van der Waals surface area contributed by atoms with Crippen molar-refractivity contribution in [2.75, 3.05) is 6.54 Å². The predicted octanol–water partition coefficient (Wildman–Crippen LogP) is 2.08. The number of pyridine rings is 1. The molecule has 1 fully saturated rings. The number of aromatic nitrogens is 2. The molecule has 2 aromatic rings. The lowest BCUT2D eigenvalue weighted by molar-refractivity contribution is 0.336. The number of rotatable bonds is 1. The Bertz CT molecular complexity index is 461. The Labute approximate surface area is 94.1 Å². The Morgan fingerprint density at radius 1 is 1.50 bits per heavy atom. The fraction of sp³-hybridized carbons (Fsp3) is 0.500. The summed E-state index contributed by atoms with van der Waals surface area (Å²) in [6.45, 7) is 3.24. The van der Waals surface area contributed by atoms with Gasteiger partial charge in [-0.05, 0) is 38.4 Å². The second-order valence-electron chi connectivity index (χ2n) is 4.45. The molecule has 0 spiro atoms. The average molecular weight is 217 g/mol. The third kappa shape index (κ3) is 1.69. The third-order valence-corrected chi connectivity index (χ3v) is 3.15. The molecular formula is C12H15N3O. The van der Waals surface area contributed by atoms with Crippen LogP contribution in [0.15, 0.2) is 22.7 Å². The maximum Gasteiger partial charge on any atom is 0.200 e. The van der Waals surface area contributed by atoms with Crippen LogP contribution in [-0.2, 0) is 0 Å². The number of oxazole rings is 1. The topological polar surface area (TPSA) is 51.0 Å². The fourth-order valence-electron chi connectivity index (χ4n) is 2.32. The molecule has 2 aromatic heterocycles. The van der Waals surface area contributed by atoms with Crippen LogP contribution in [0, 0.1) is 0 Å². The van der Waals surface area contributed by atoms with Crippen LogP contribution in [0.3, 0.4) is 0 Å². The normalized spacial score (nSPS) is 26.1. The Hall–Kier alpha value is -1.42. The molecule has 3 heterocycles. The van der Waals surface area contributed by atoms with Gasteiger partial charge in [0.1, 0.15) is 0 Å². The van der Waals surface area contributed by atoms with Gasteiger partial charge in [-0.1, -0.05) is 0 Å². The first-order valence-electron chi connectivity index (χ1n) is 5.78. The lowest BCUT2D eigenvalue weighted by atomic mass is 9.93. The standard InChI is InChI=1S/C12H15N3O/c1-8-7-9(4-6-13-8)12-15-11-10(16-12)3-2-5-14-11/h2-3,5,8-9,13H,4,6-7H2,1H3. The van der Waals surface area contributed by atoms with Crippen LogP contribution in [0.2, 0.25) is 0 Å². The summed E-state index contributed by atoms with van der Waals surface area (Å²) in [7, 11) is 0. The van der Waals surface area contributed by atoms with Gasteiger partial charge in [0.05, 0.1) is 0 Å². The van der Waals surface area contributed by atoms with Crippen LogP contribution < -0.4 is 5.32 Å². The smallest absolute Gasteiger partial charge is 0.200 e. The van der Waals surface area contributed by atoms with Crippen LogP contribution in [0.25, 0.3) is 11.2 Å². The van der Waals surface area contributed by atoms with Crippen LogP contribution in [0.5, 0.6) is 0 Å². The molecule has 0 amide bonds. The molecule has 84 valence electrons. The lowest BCUT2D eigenvalue weighted by Gasteiger charge is -2.25. The van der Waals surface area contributed by atoms with Gasteiger partial charge in [-0.25, -0.2) is 4.98 Å². The highest BCUT2D eigenvalue weighted by atomic mass is 16.3. The minimum Gasteiger partial charge on any atom is -0.439 e. The molecule has 1 N–H and O–H groups in total. The zero-order valence-corrected chi connectivity index (χ0v) is 9.31. The van der Waals surface area contributed by atoms with E-state index in [0.717, 1.165) is 36.5 Å². The Morgan fingerprint density at radius 3 is 3.25 bits per heavy atom. The number of piperidine rings is 1. The van der Waals surface area contributed by atoms with Gasteiger partial charge >= 0.3 is 0 Å². The highest BCUT2D eigenvalue weighted by Crippen LogP contribution is 2.28. The molecule has 1 saturated heterocycles. The summed E-state index contributed by atoms with van der Waals surface area (Å²) in [5, 5.41) is 3.43. The molecule has 4 heteroatoms. The van der Waals surface area contributed by atoms with Crippen molar-refractivity contribution in [2.45, 2.75) is 31.7 Å². The monoisotopic (exact) mass is 217 g/mol. The van der Waals surface area contributed by atoms with Crippen molar-refractivity contribution < 1.29 is 4.42 Å². The van der Waals surface area contributed by atoms with E-state index in [1.54, 1.807) is 6.20 Å². The van der Waals surface area contributed by atoms with Gasteiger partial charge < -0.3 is 9.73 Å². The van der Waals surface area contributed by atoms with Crippen molar-refractivity contribution in [3.05, 3.63) is 24.2 Å². The quantitative estimate of drug-likeness (QED) is 0.794. The highest BCUT2D eigenvalue weighted by molar-refractivity contribution is 5.66. The van der Waals surface area contributed by atoms with E-state index in [2.05, 4.69) is 22.2 Å². The largest absolute Gasteiger partial charge is 0.439 e. The molecule has 0 aromatic carbocycles. The summed E-state index contributed by atoms with van der Waals surface area (Å²) in [6, 6.07) is 4.34. The molecule has 0 aliphatic carbocycles.